The Morgan fingerprint density at radius 3 is 2.29 bits per heavy atom. The van der Waals surface area contributed by atoms with Gasteiger partial charge in [-0.2, -0.15) is 0 Å². The molecule has 21 heavy (non-hydrogen) atoms. The molecule has 0 aromatic carbocycles. The van der Waals surface area contributed by atoms with Crippen LogP contribution >= 0.6 is 0 Å². The highest BCUT2D eigenvalue weighted by molar-refractivity contribution is 5.70. The van der Waals surface area contributed by atoms with Gasteiger partial charge in [0.15, 0.2) is 0 Å². The summed E-state index contributed by atoms with van der Waals surface area (Å²) in [7, 11) is 0. The first kappa shape index (κ1) is 17.3. The maximum atomic E-state index is 11.0. The zero-order valence-electron chi connectivity index (χ0n) is 11.4. The number of carboxylic acid groups (broad SMARTS) is 3. The van der Waals surface area contributed by atoms with Gasteiger partial charge in [0.1, 0.15) is 12.1 Å². The van der Waals surface area contributed by atoms with Crippen LogP contribution in [-0.2, 0) is 14.4 Å². The lowest BCUT2D eigenvalue weighted by molar-refractivity contribution is -0.960. The van der Waals surface area contributed by atoms with Crippen LogP contribution in [0.2, 0.25) is 0 Å². The van der Waals surface area contributed by atoms with Crippen molar-refractivity contribution in [2.45, 2.75) is 37.5 Å². The lowest BCUT2D eigenvalue weighted by Gasteiger charge is -2.38. The topological polar surface area (TPSA) is 162 Å². The molecule has 0 spiro atoms. The van der Waals surface area contributed by atoms with Crippen molar-refractivity contribution >= 4 is 17.9 Å². The number of aliphatic hydroxyl groups excluding tert-OH is 1. The van der Waals surface area contributed by atoms with Crippen molar-refractivity contribution in [3.05, 3.63) is 0 Å². The SMILES string of the molecule is O=C([O-])[C@H](CC[NH+]1CC[C@H]1C(=O)[O-])[NH2+]CC[C@H](O)C(=O)[O-]. The minimum atomic E-state index is -1.63. The second-order valence-electron chi connectivity index (χ2n) is 5.18. The number of rotatable bonds is 10. The van der Waals surface area contributed by atoms with Crippen LogP contribution in [-0.4, -0.2) is 60.8 Å². The Morgan fingerprint density at radius 2 is 1.86 bits per heavy atom. The second kappa shape index (κ2) is 7.91. The number of quaternary nitrogens is 2. The van der Waals surface area contributed by atoms with Crippen LogP contribution in [0.25, 0.3) is 0 Å². The Kier molecular flexibility index (Phi) is 6.53. The smallest absolute Gasteiger partial charge is 0.133 e. The van der Waals surface area contributed by atoms with E-state index in [4.69, 9.17) is 5.11 Å². The number of aliphatic hydroxyl groups is 1. The van der Waals surface area contributed by atoms with Gasteiger partial charge in [-0.3, -0.25) is 0 Å². The first-order valence-electron chi connectivity index (χ1n) is 6.81. The van der Waals surface area contributed by atoms with Gasteiger partial charge in [-0.25, -0.2) is 0 Å². The Bertz CT molecular complexity index is 401. The van der Waals surface area contributed by atoms with Gasteiger partial charge < -0.3 is 45.0 Å². The minimum absolute atomic E-state index is 0.0903. The second-order valence-corrected chi connectivity index (χ2v) is 5.18. The average molecular weight is 303 g/mol. The van der Waals surface area contributed by atoms with Crippen molar-refractivity contribution in [2.75, 3.05) is 19.6 Å². The molecule has 1 heterocycles. The summed E-state index contributed by atoms with van der Waals surface area (Å²) in [6, 6.07) is -1.50. The summed E-state index contributed by atoms with van der Waals surface area (Å²) in [6.45, 7) is 1.10. The van der Waals surface area contributed by atoms with Crippen molar-refractivity contribution in [1.29, 1.82) is 0 Å². The van der Waals surface area contributed by atoms with Gasteiger partial charge in [0, 0.05) is 6.42 Å². The van der Waals surface area contributed by atoms with Crippen LogP contribution in [0, 0.1) is 0 Å². The zero-order chi connectivity index (χ0) is 16.0. The third kappa shape index (κ3) is 5.29. The fourth-order valence-corrected chi connectivity index (χ4v) is 2.32. The van der Waals surface area contributed by atoms with E-state index in [0.29, 0.717) is 19.5 Å². The number of carbonyl (C=O) groups excluding carboxylic acids is 3. The number of carboxylic acids is 3. The molecule has 1 unspecified atom stereocenters. The maximum absolute atomic E-state index is 11.0. The third-order valence-corrected chi connectivity index (χ3v) is 3.77. The van der Waals surface area contributed by atoms with E-state index >= 15 is 0 Å². The minimum Gasteiger partial charge on any atom is -0.547 e. The van der Waals surface area contributed by atoms with E-state index < -0.39 is 36.1 Å². The molecule has 120 valence electrons. The largest absolute Gasteiger partial charge is 0.547 e. The van der Waals surface area contributed by atoms with E-state index in [2.05, 4.69) is 0 Å². The lowest BCUT2D eigenvalue weighted by Crippen LogP contribution is -3.23. The van der Waals surface area contributed by atoms with Crippen LogP contribution < -0.4 is 25.5 Å². The molecule has 4 atom stereocenters. The highest BCUT2D eigenvalue weighted by atomic mass is 16.4. The lowest BCUT2D eigenvalue weighted by atomic mass is 10.0. The summed E-state index contributed by atoms with van der Waals surface area (Å²) < 4.78 is 0. The Labute approximate surface area is 121 Å². The summed E-state index contributed by atoms with van der Waals surface area (Å²) in [5, 5.41) is 42.4. The molecule has 0 aromatic rings. The van der Waals surface area contributed by atoms with Gasteiger partial charge in [0.25, 0.3) is 0 Å². The third-order valence-electron chi connectivity index (χ3n) is 3.77. The molecule has 0 bridgehead atoms. The molecular weight excluding hydrogens is 284 g/mol. The number of likely N-dealkylation sites (tertiary alicyclic amines) is 1. The fourth-order valence-electron chi connectivity index (χ4n) is 2.32. The summed E-state index contributed by atoms with van der Waals surface area (Å²) in [4.78, 5) is 32.8. The molecule has 0 saturated carbocycles. The van der Waals surface area contributed by atoms with Crippen molar-refractivity contribution in [2.24, 2.45) is 0 Å². The molecule has 9 heteroatoms. The predicted octanol–water partition coefficient (Wildman–Crippen LogP) is -8.03. The fraction of sp³-hybridized carbons (Fsp3) is 0.750. The molecule has 0 aliphatic carbocycles. The number of carbonyl (C=O) groups is 3. The Hall–Kier alpha value is -1.71. The van der Waals surface area contributed by atoms with E-state index in [1.165, 1.54) is 5.32 Å². The van der Waals surface area contributed by atoms with Gasteiger partial charge in [-0.15, -0.1) is 0 Å². The van der Waals surface area contributed by atoms with Gasteiger partial charge >= 0.3 is 0 Å². The zero-order valence-corrected chi connectivity index (χ0v) is 11.4. The first-order valence-corrected chi connectivity index (χ1v) is 6.81. The molecule has 4 N–H and O–H groups in total. The van der Waals surface area contributed by atoms with Crippen LogP contribution in [0.4, 0.5) is 0 Å². The predicted molar refractivity (Wildman–Crippen MR) is 59.9 cm³/mol. The average Bonchev–Trinajstić information content (AvgIpc) is 2.34. The summed E-state index contributed by atoms with van der Waals surface area (Å²) in [5.74, 6) is -4.04. The molecule has 0 radical (unpaired) electrons. The highest BCUT2D eigenvalue weighted by Gasteiger charge is 2.34. The van der Waals surface area contributed by atoms with Gasteiger partial charge in [0.2, 0.25) is 0 Å². The molecule has 1 rings (SSSR count). The van der Waals surface area contributed by atoms with Crippen molar-refractivity contribution in [3.8, 4) is 0 Å². The van der Waals surface area contributed by atoms with Crippen molar-refractivity contribution in [1.82, 2.24) is 0 Å². The number of nitrogens with one attached hydrogen (secondary N) is 1. The van der Waals surface area contributed by atoms with Crippen LogP contribution in [0.15, 0.2) is 0 Å². The van der Waals surface area contributed by atoms with E-state index in [1.54, 1.807) is 0 Å². The number of nitrogens with two attached hydrogens (primary N) is 1. The molecule has 1 aliphatic heterocycles. The molecule has 1 saturated heterocycles. The van der Waals surface area contributed by atoms with Gasteiger partial charge in [-0.1, -0.05) is 0 Å². The van der Waals surface area contributed by atoms with Crippen molar-refractivity contribution in [3.63, 3.8) is 0 Å². The standard InChI is InChI=1S/C12H20N2O7/c15-9(12(20)21)1-4-13-7(10(16)17)2-5-14-6-3-8(14)11(18)19/h7-9,13,15H,1-6H2,(H,16,17)(H,18,19)(H,20,21)/p-1/t7-,8-,9-/m0/s1. The Morgan fingerprint density at radius 1 is 1.19 bits per heavy atom. The van der Waals surface area contributed by atoms with Gasteiger partial charge in [-0.05, 0) is 0 Å². The molecule has 1 aliphatic rings. The molecule has 1 fully saturated rings. The number of hydrogen-bond donors (Lipinski definition) is 3. The van der Waals surface area contributed by atoms with Gasteiger partial charge in [0.05, 0.1) is 56.5 Å². The summed E-state index contributed by atoms with van der Waals surface area (Å²) >= 11 is 0. The monoisotopic (exact) mass is 303 g/mol. The van der Waals surface area contributed by atoms with E-state index in [-0.39, 0.29) is 19.4 Å². The van der Waals surface area contributed by atoms with E-state index in [0.717, 1.165) is 4.90 Å². The van der Waals surface area contributed by atoms with Crippen LogP contribution in [0.1, 0.15) is 19.3 Å². The van der Waals surface area contributed by atoms with E-state index in [9.17, 15) is 29.7 Å². The van der Waals surface area contributed by atoms with E-state index in [1.807, 2.05) is 0 Å². The molecule has 9 nitrogen and oxygen atoms in total. The summed E-state index contributed by atoms with van der Waals surface area (Å²) in [6.07, 6.45) is -1.05. The molecule has 0 amide bonds. The van der Waals surface area contributed by atoms with Crippen molar-refractivity contribution < 1.29 is 45.0 Å². The molecule has 0 aromatic heterocycles. The maximum Gasteiger partial charge on any atom is 0.133 e. The number of aliphatic carboxylic acids is 3. The highest BCUT2D eigenvalue weighted by Crippen LogP contribution is 1.94. The molecular formula is C12H19N2O7-. The quantitative estimate of drug-likeness (QED) is 0.361. The Balaban J connectivity index is 2.32. The first-order chi connectivity index (χ1) is 9.82. The number of hydrogen-bond acceptors (Lipinski definition) is 7. The van der Waals surface area contributed by atoms with Crippen LogP contribution in [0.3, 0.4) is 0 Å². The summed E-state index contributed by atoms with van der Waals surface area (Å²) in [5.41, 5.74) is 0. The normalized spacial score (nSPS) is 23.9. The van der Waals surface area contributed by atoms with Crippen LogP contribution in [0.5, 0.6) is 0 Å².